The normalized spacial score (nSPS) is 19.1. The number of rotatable bonds is 1. The molecule has 2 N–H and O–H groups in total. The Morgan fingerprint density at radius 2 is 1.93 bits per heavy atom. The van der Waals surface area contributed by atoms with Gasteiger partial charge in [0.15, 0.2) is 0 Å². The highest BCUT2D eigenvalue weighted by Crippen LogP contribution is 2.42. The van der Waals surface area contributed by atoms with E-state index in [0.29, 0.717) is 10.0 Å². The third-order valence-electron chi connectivity index (χ3n) is 2.78. The molecule has 0 aromatic heterocycles. The summed E-state index contributed by atoms with van der Waals surface area (Å²) >= 11 is 3.10. The summed E-state index contributed by atoms with van der Waals surface area (Å²) in [5, 5.41) is 0. The standard InChI is InChI=1S/C10H10BrF2N/c11-9-7(10(14)2-1-3-10)4-6(12)5-8(9)13/h4-5H,1-3,14H2. The molecule has 1 nitrogen and oxygen atoms in total. The fraction of sp³-hybridized carbons (Fsp3) is 0.400. The van der Waals surface area contributed by atoms with E-state index in [1.165, 1.54) is 6.07 Å². The van der Waals surface area contributed by atoms with Crippen LogP contribution in [0.4, 0.5) is 8.78 Å². The van der Waals surface area contributed by atoms with Crippen LogP contribution in [0.15, 0.2) is 16.6 Å². The van der Waals surface area contributed by atoms with Crippen molar-refractivity contribution in [3.63, 3.8) is 0 Å². The van der Waals surface area contributed by atoms with Gasteiger partial charge in [-0.15, -0.1) is 0 Å². The molecule has 1 aliphatic rings. The van der Waals surface area contributed by atoms with Crippen molar-refractivity contribution in [2.24, 2.45) is 5.73 Å². The van der Waals surface area contributed by atoms with Crippen LogP contribution in [-0.2, 0) is 5.54 Å². The third-order valence-corrected chi connectivity index (χ3v) is 3.58. The first-order valence-corrected chi connectivity index (χ1v) is 5.26. The van der Waals surface area contributed by atoms with Crippen LogP contribution in [0.3, 0.4) is 0 Å². The van der Waals surface area contributed by atoms with Crippen LogP contribution < -0.4 is 5.73 Å². The third kappa shape index (κ3) is 1.46. The van der Waals surface area contributed by atoms with E-state index >= 15 is 0 Å². The number of hydrogen-bond donors (Lipinski definition) is 1. The summed E-state index contributed by atoms with van der Waals surface area (Å²) in [5.74, 6) is -1.16. The van der Waals surface area contributed by atoms with Crippen LogP contribution in [0.5, 0.6) is 0 Å². The van der Waals surface area contributed by atoms with Crippen molar-refractivity contribution < 1.29 is 8.78 Å². The van der Waals surface area contributed by atoms with E-state index in [1.54, 1.807) is 0 Å². The molecule has 1 aromatic rings. The molecule has 0 spiro atoms. The maximum Gasteiger partial charge on any atom is 0.140 e. The van der Waals surface area contributed by atoms with E-state index in [1.807, 2.05) is 0 Å². The van der Waals surface area contributed by atoms with Gasteiger partial charge in [-0.25, -0.2) is 8.78 Å². The highest BCUT2D eigenvalue weighted by Gasteiger charge is 2.36. The second-order valence-electron chi connectivity index (χ2n) is 3.76. The van der Waals surface area contributed by atoms with Gasteiger partial charge in [0.1, 0.15) is 11.6 Å². The molecule has 0 bridgehead atoms. The van der Waals surface area contributed by atoms with Gasteiger partial charge >= 0.3 is 0 Å². The quantitative estimate of drug-likeness (QED) is 0.773. The van der Waals surface area contributed by atoms with Gasteiger partial charge in [0.25, 0.3) is 0 Å². The van der Waals surface area contributed by atoms with Gasteiger partial charge in [-0.2, -0.15) is 0 Å². The lowest BCUT2D eigenvalue weighted by atomic mass is 9.73. The summed E-state index contributed by atoms with van der Waals surface area (Å²) in [6, 6.07) is 2.17. The molecule has 14 heavy (non-hydrogen) atoms. The fourth-order valence-electron chi connectivity index (χ4n) is 1.75. The molecule has 0 unspecified atom stereocenters. The molecule has 1 saturated carbocycles. The Bertz CT molecular complexity index is 375. The highest BCUT2D eigenvalue weighted by atomic mass is 79.9. The van der Waals surface area contributed by atoms with E-state index in [2.05, 4.69) is 15.9 Å². The van der Waals surface area contributed by atoms with Crippen molar-refractivity contribution >= 4 is 15.9 Å². The van der Waals surface area contributed by atoms with Gasteiger partial charge in [-0.1, -0.05) is 0 Å². The van der Waals surface area contributed by atoms with E-state index < -0.39 is 17.2 Å². The Kier molecular flexibility index (Phi) is 2.35. The molecule has 0 aliphatic heterocycles. The lowest BCUT2D eigenvalue weighted by Gasteiger charge is -2.39. The lowest BCUT2D eigenvalue weighted by Crippen LogP contribution is -2.43. The van der Waals surface area contributed by atoms with Crippen LogP contribution in [0, 0.1) is 11.6 Å². The summed E-state index contributed by atoms with van der Waals surface area (Å²) in [6.45, 7) is 0. The van der Waals surface area contributed by atoms with Gasteiger partial charge in [-0.3, -0.25) is 0 Å². The minimum atomic E-state index is -0.586. The first kappa shape index (κ1) is 10.1. The maximum atomic E-state index is 13.2. The van der Waals surface area contributed by atoms with Crippen molar-refractivity contribution in [1.82, 2.24) is 0 Å². The molecular formula is C10H10BrF2N. The molecule has 0 heterocycles. The van der Waals surface area contributed by atoms with E-state index in [4.69, 9.17) is 5.73 Å². The Morgan fingerprint density at radius 1 is 1.29 bits per heavy atom. The number of nitrogens with two attached hydrogens (primary N) is 1. The predicted molar refractivity (Wildman–Crippen MR) is 53.8 cm³/mol. The Labute approximate surface area is 89.4 Å². The highest BCUT2D eigenvalue weighted by molar-refractivity contribution is 9.10. The Hall–Kier alpha value is -0.480. The molecule has 4 heteroatoms. The molecule has 0 amide bonds. The van der Waals surface area contributed by atoms with Crippen LogP contribution >= 0.6 is 15.9 Å². The van der Waals surface area contributed by atoms with Gasteiger partial charge in [0.05, 0.1) is 4.47 Å². The first-order valence-electron chi connectivity index (χ1n) is 4.47. The van der Waals surface area contributed by atoms with E-state index in [-0.39, 0.29) is 0 Å². The van der Waals surface area contributed by atoms with Gasteiger partial charge < -0.3 is 5.73 Å². The maximum absolute atomic E-state index is 13.2. The minimum Gasteiger partial charge on any atom is -0.321 e. The Balaban J connectivity index is 2.51. The zero-order chi connectivity index (χ0) is 10.3. The first-order chi connectivity index (χ1) is 6.53. The Morgan fingerprint density at radius 3 is 2.43 bits per heavy atom. The SMILES string of the molecule is NC1(c2cc(F)cc(F)c2Br)CCC1. The molecular weight excluding hydrogens is 252 g/mol. The zero-order valence-corrected chi connectivity index (χ0v) is 9.07. The molecule has 1 aromatic carbocycles. The van der Waals surface area contributed by atoms with E-state index in [9.17, 15) is 8.78 Å². The summed E-state index contributed by atoms with van der Waals surface area (Å²) < 4.78 is 26.5. The number of benzene rings is 1. The van der Waals surface area contributed by atoms with Crippen molar-refractivity contribution in [1.29, 1.82) is 0 Å². The minimum absolute atomic E-state index is 0.293. The molecule has 0 saturated heterocycles. The monoisotopic (exact) mass is 261 g/mol. The summed E-state index contributed by atoms with van der Waals surface area (Å²) in [4.78, 5) is 0. The topological polar surface area (TPSA) is 26.0 Å². The molecule has 1 aliphatic carbocycles. The second-order valence-corrected chi connectivity index (χ2v) is 4.55. The smallest absolute Gasteiger partial charge is 0.140 e. The van der Waals surface area contributed by atoms with Gasteiger partial charge in [0.2, 0.25) is 0 Å². The van der Waals surface area contributed by atoms with Crippen molar-refractivity contribution in [2.75, 3.05) is 0 Å². The average molecular weight is 262 g/mol. The molecule has 2 rings (SSSR count). The molecule has 0 atom stereocenters. The summed E-state index contributed by atoms with van der Waals surface area (Å²) in [7, 11) is 0. The van der Waals surface area contributed by atoms with E-state index in [0.717, 1.165) is 25.3 Å². The van der Waals surface area contributed by atoms with Crippen LogP contribution in [-0.4, -0.2) is 0 Å². The van der Waals surface area contributed by atoms with Crippen LogP contribution in [0.2, 0.25) is 0 Å². The molecule has 0 radical (unpaired) electrons. The molecule has 76 valence electrons. The lowest BCUT2D eigenvalue weighted by molar-refractivity contribution is 0.250. The largest absolute Gasteiger partial charge is 0.321 e. The fourth-order valence-corrected chi connectivity index (χ4v) is 2.37. The second kappa shape index (κ2) is 3.28. The molecule has 1 fully saturated rings. The predicted octanol–water partition coefficient (Wildman–Crippen LogP) is 3.07. The van der Waals surface area contributed by atoms with Crippen molar-refractivity contribution in [2.45, 2.75) is 24.8 Å². The summed E-state index contributed by atoms with van der Waals surface area (Å²) in [5.41, 5.74) is 6.00. The number of hydrogen-bond acceptors (Lipinski definition) is 1. The van der Waals surface area contributed by atoms with Crippen LogP contribution in [0.25, 0.3) is 0 Å². The average Bonchev–Trinajstić information content (AvgIpc) is 2.07. The van der Waals surface area contributed by atoms with Gasteiger partial charge in [0, 0.05) is 11.6 Å². The van der Waals surface area contributed by atoms with Crippen LogP contribution in [0.1, 0.15) is 24.8 Å². The zero-order valence-electron chi connectivity index (χ0n) is 7.49. The van der Waals surface area contributed by atoms with Crippen molar-refractivity contribution in [3.8, 4) is 0 Å². The van der Waals surface area contributed by atoms with Crippen molar-refractivity contribution in [3.05, 3.63) is 33.8 Å². The number of halogens is 3. The summed E-state index contributed by atoms with van der Waals surface area (Å²) in [6.07, 6.45) is 2.59. The van der Waals surface area contributed by atoms with Gasteiger partial charge in [-0.05, 0) is 46.8 Å².